The molecule has 0 fully saturated rings. The Hall–Kier alpha value is -3.46. The number of hydrogen-bond acceptors (Lipinski definition) is 4. The molecule has 6 heteroatoms. The minimum absolute atomic E-state index is 0.0542. The van der Waals surface area contributed by atoms with Gasteiger partial charge in [-0.25, -0.2) is 0 Å². The third-order valence-electron chi connectivity index (χ3n) is 3.85. The van der Waals surface area contributed by atoms with Crippen LogP contribution in [0.4, 0.5) is 11.4 Å². The Kier molecular flexibility index (Phi) is 6.23. The molecule has 132 valence electrons. The van der Waals surface area contributed by atoms with Crippen molar-refractivity contribution in [2.75, 3.05) is 16.8 Å². The molecule has 0 saturated carbocycles. The summed E-state index contributed by atoms with van der Waals surface area (Å²) in [5, 5.41) is 11.7. The Morgan fingerprint density at radius 3 is 2.27 bits per heavy atom. The van der Waals surface area contributed by atoms with Crippen LogP contribution in [0.5, 0.6) is 0 Å². The summed E-state index contributed by atoms with van der Waals surface area (Å²) in [6.07, 6.45) is 0.0772. The highest BCUT2D eigenvalue weighted by atomic mass is 16.2. The van der Waals surface area contributed by atoms with Gasteiger partial charge in [0.1, 0.15) is 6.07 Å². The van der Waals surface area contributed by atoms with E-state index in [1.807, 2.05) is 6.07 Å². The van der Waals surface area contributed by atoms with Gasteiger partial charge in [0.25, 0.3) is 0 Å². The maximum Gasteiger partial charge on any atom is 0.226 e. The second kappa shape index (κ2) is 8.58. The highest BCUT2D eigenvalue weighted by molar-refractivity contribution is 5.97. The number of nitrogens with zero attached hydrogens (tertiary/aromatic N) is 2. The van der Waals surface area contributed by atoms with Crippen LogP contribution in [0.3, 0.4) is 0 Å². The van der Waals surface area contributed by atoms with E-state index in [4.69, 9.17) is 5.26 Å². The lowest BCUT2D eigenvalue weighted by Crippen LogP contribution is -2.32. The fraction of sp³-hybridized carbons (Fsp3) is 0.200. The molecule has 2 rings (SSSR count). The standard InChI is InChI=1S/C20H19N3O3/c1-14(24)16-7-9-18(10-8-16)23(15(2)25)12-11-20(26)22-19-6-4-3-5-17(19)13-21/h3-10H,11-12H2,1-2H3,(H,22,26). The molecule has 0 heterocycles. The number of amides is 2. The van der Waals surface area contributed by atoms with Crippen molar-refractivity contribution >= 4 is 29.0 Å². The number of carbonyl (C=O) groups is 3. The molecule has 0 saturated heterocycles. The SMILES string of the molecule is CC(=O)c1ccc(N(CCC(=O)Nc2ccccc2C#N)C(C)=O)cc1. The average molecular weight is 349 g/mol. The van der Waals surface area contributed by atoms with Crippen molar-refractivity contribution in [3.8, 4) is 6.07 Å². The number of hydrogen-bond donors (Lipinski definition) is 1. The first kappa shape index (κ1) is 18.9. The zero-order valence-electron chi connectivity index (χ0n) is 14.7. The zero-order chi connectivity index (χ0) is 19.1. The van der Waals surface area contributed by atoms with Crippen LogP contribution in [0.25, 0.3) is 0 Å². The van der Waals surface area contributed by atoms with Gasteiger partial charge < -0.3 is 10.2 Å². The molecule has 0 atom stereocenters. The van der Waals surface area contributed by atoms with Crippen molar-refractivity contribution in [1.82, 2.24) is 0 Å². The summed E-state index contributed by atoms with van der Waals surface area (Å²) in [6.45, 7) is 3.08. The smallest absolute Gasteiger partial charge is 0.226 e. The van der Waals surface area contributed by atoms with E-state index in [0.29, 0.717) is 22.5 Å². The largest absolute Gasteiger partial charge is 0.325 e. The lowest BCUT2D eigenvalue weighted by molar-refractivity contribution is -0.117. The van der Waals surface area contributed by atoms with Crippen molar-refractivity contribution in [1.29, 1.82) is 5.26 Å². The number of rotatable bonds is 6. The number of anilines is 2. The third kappa shape index (κ3) is 4.77. The molecule has 0 spiro atoms. The fourth-order valence-electron chi connectivity index (χ4n) is 2.46. The second-order valence-corrected chi connectivity index (χ2v) is 5.73. The van der Waals surface area contributed by atoms with Crippen LogP contribution in [0, 0.1) is 11.3 Å². The molecular formula is C20H19N3O3. The first-order chi connectivity index (χ1) is 12.4. The van der Waals surface area contributed by atoms with E-state index in [1.54, 1.807) is 48.5 Å². The normalized spacial score (nSPS) is 9.88. The predicted octanol–water partition coefficient (Wildman–Crippen LogP) is 3.14. The van der Waals surface area contributed by atoms with E-state index in [1.165, 1.54) is 18.7 Å². The van der Waals surface area contributed by atoms with Crippen molar-refractivity contribution in [2.24, 2.45) is 0 Å². The zero-order valence-corrected chi connectivity index (χ0v) is 14.7. The molecule has 0 bridgehead atoms. The van der Waals surface area contributed by atoms with Gasteiger partial charge in [-0.2, -0.15) is 5.26 Å². The maximum absolute atomic E-state index is 12.2. The first-order valence-corrected chi connectivity index (χ1v) is 8.10. The molecule has 2 aromatic carbocycles. The van der Waals surface area contributed by atoms with Crippen LogP contribution >= 0.6 is 0 Å². The highest BCUT2D eigenvalue weighted by Gasteiger charge is 2.14. The van der Waals surface area contributed by atoms with E-state index >= 15 is 0 Å². The van der Waals surface area contributed by atoms with Crippen molar-refractivity contribution < 1.29 is 14.4 Å². The molecule has 26 heavy (non-hydrogen) atoms. The van der Waals surface area contributed by atoms with Crippen LogP contribution in [0.2, 0.25) is 0 Å². The van der Waals surface area contributed by atoms with Crippen LogP contribution in [-0.4, -0.2) is 24.1 Å². The van der Waals surface area contributed by atoms with Crippen LogP contribution in [0.1, 0.15) is 36.2 Å². The van der Waals surface area contributed by atoms with E-state index < -0.39 is 0 Å². The fourth-order valence-corrected chi connectivity index (χ4v) is 2.46. The maximum atomic E-state index is 12.2. The molecule has 2 aromatic rings. The lowest BCUT2D eigenvalue weighted by atomic mass is 10.1. The minimum atomic E-state index is -0.292. The van der Waals surface area contributed by atoms with Crippen molar-refractivity contribution in [2.45, 2.75) is 20.3 Å². The molecule has 1 N–H and O–H groups in total. The lowest BCUT2D eigenvalue weighted by Gasteiger charge is -2.21. The number of nitrogens with one attached hydrogen (secondary N) is 1. The van der Waals surface area contributed by atoms with Crippen LogP contribution < -0.4 is 10.2 Å². The van der Waals surface area contributed by atoms with Gasteiger partial charge in [-0.1, -0.05) is 12.1 Å². The highest BCUT2D eigenvalue weighted by Crippen LogP contribution is 2.17. The molecule has 2 amide bonds. The van der Waals surface area contributed by atoms with Gasteiger partial charge in [0.05, 0.1) is 11.3 Å². The molecule has 0 radical (unpaired) electrons. The van der Waals surface area contributed by atoms with Gasteiger partial charge in [-0.3, -0.25) is 14.4 Å². The number of carbonyl (C=O) groups excluding carboxylic acids is 3. The summed E-state index contributed by atoms with van der Waals surface area (Å²) in [5.74, 6) is -0.549. The van der Waals surface area contributed by atoms with Gasteiger partial charge >= 0.3 is 0 Å². The summed E-state index contributed by atoms with van der Waals surface area (Å²) < 4.78 is 0. The predicted molar refractivity (Wildman–Crippen MR) is 98.9 cm³/mol. The van der Waals surface area contributed by atoms with Crippen molar-refractivity contribution in [3.63, 3.8) is 0 Å². The summed E-state index contributed by atoms with van der Waals surface area (Å²) >= 11 is 0. The molecule has 6 nitrogen and oxygen atoms in total. The third-order valence-corrected chi connectivity index (χ3v) is 3.85. The van der Waals surface area contributed by atoms with Gasteiger partial charge in [-0.05, 0) is 43.3 Å². The van der Waals surface area contributed by atoms with E-state index in [-0.39, 0.29) is 30.6 Å². The molecule has 0 unspecified atom stereocenters. The Morgan fingerprint density at radius 2 is 1.69 bits per heavy atom. The quantitative estimate of drug-likeness (QED) is 0.811. The molecule has 0 aliphatic heterocycles. The Balaban J connectivity index is 2.04. The topological polar surface area (TPSA) is 90.3 Å². The van der Waals surface area contributed by atoms with Gasteiger partial charge in [0.2, 0.25) is 11.8 Å². The summed E-state index contributed by atoms with van der Waals surface area (Å²) in [7, 11) is 0. The van der Waals surface area contributed by atoms with Crippen molar-refractivity contribution in [3.05, 3.63) is 59.7 Å². The van der Waals surface area contributed by atoms with Crippen LogP contribution in [0.15, 0.2) is 48.5 Å². The second-order valence-electron chi connectivity index (χ2n) is 5.73. The Bertz CT molecular complexity index is 867. The number of Topliss-reactive ketones (excluding diaryl/α,β-unsaturated/α-hetero) is 1. The number of nitriles is 1. The Labute approximate surface area is 152 Å². The number of para-hydroxylation sites is 1. The Morgan fingerprint density at radius 1 is 1.04 bits per heavy atom. The number of ketones is 1. The first-order valence-electron chi connectivity index (χ1n) is 8.10. The van der Waals surface area contributed by atoms with E-state index in [0.717, 1.165) is 0 Å². The minimum Gasteiger partial charge on any atom is -0.325 e. The monoisotopic (exact) mass is 349 g/mol. The van der Waals surface area contributed by atoms with Crippen LogP contribution in [-0.2, 0) is 9.59 Å². The van der Waals surface area contributed by atoms with Gasteiger partial charge in [0.15, 0.2) is 5.78 Å². The summed E-state index contributed by atoms with van der Waals surface area (Å²) in [4.78, 5) is 36.9. The summed E-state index contributed by atoms with van der Waals surface area (Å²) in [6, 6.07) is 15.4. The molecular weight excluding hydrogens is 330 g/mol. The van der Waals surface area contributed by atoms with Gasteiger partial charge in [0, 0.05) is 31.1 Å². The average Bonchev–Trinajstić information content (AvgIpc) is 2.62. The van der Waals surface area contributed by atoms with Gasteiger partial charge in [-0.15, -0.1) is 0 Å². The molecule has 0 aliphatic rings. The summed E-state index contributed by atoms with van der Waals surface area (Å²) in [5.41, 5.74) is 2.00. The van der Waals surface area contributed by atoms with E-state index in [2.05, 4.69) is 5.32 Å². The number of benzene rings is 2. The molecule has 0 aromatic heterocycles. The molecule has 0 aliphatic carbocycles. The van der Waals surface area contributed by atoms with E-state index in [9.17, 15) is 14.4 Å².